The average Bonchev–Trinajstić information content (AvgIpc) is 3.07. The van der Waals surface area contributed by atoms with Crippen LogP contribution in [-0.4, -0.2) is 45.9 Å². The number of carbonyl (C=O) groups excluding carboxylic acids is 1. The van der Waals surface area contributed by atoms with Crippen LogP contribution in [0.25, 0.3) is 11.0 Å². The van der Waals surface area contributed by atoms with E-state index in [0.717, 1.165) is 48.9 Å². The maximum Gasteiger partial charge on any atom is 0.323 e. The monoisotopic (exact) mass is 328 g/mol. The summed E-state index contributed by atoms with van der Waals surface area (Å²) in [4.78, 5) is 31.3. The highest BCUT2D eigenvalue weighted by Crippen LogP contribution is 2.21. The van der Waals surface area contributed by atoms with Gasteiger partial charge < -0.3 is 20.2 Å². The van der Waals surface area contributed by atoms with E-state index < -0.39 is 0 Å². The van der Waals surface area contributed by atoms with Crippen molar-refractivity contribution in [2.24, 2.45) is 0 Å². The lowest BCUT2D eigenvalue weighted by molar-refractivity contribution is -0.131. The standard InChI is InChI=1S/C18H24N4O2/c23-17(22-9-8-13-5-6-14(11-22)19-13)3-1-2-12-4-7-15-16(10-12)21-18(24)20-15/h4,7,10,13-14,19H,1-3,5-6,8-9,11H2,(H2,20,21,24). The van der Waals surface area contributed by atoms with Gasteiger partial charge in [-0.3, -0.25) is 4.79 Å². The molecule has 3 heterocycles. The number of amides is 1. The van der Waals surface area contributed by atoms with Crippen molar-refractivity contribution in [2.75, 3.05) is 13.1 Å². The third-order valence-corrected chi connectivity index (χ3v) is 5.31. The van der Waals surface area contributed by atoms with Crippen LogP contribution in [-0.2, 0) is 11.2 Å². The summed E-state index contributed by atoms with van der Waals surface area (Å²) in [5, 5.41) is 3.61. The Morgan fingerprint density at radius 3 is 2.88 bits per heavy atom. The van der Waals surface area contributed by atoms with E-state index in [9.17, 15) is 9.59 Å². The first-order chi connectivity index (χ1) is 11.7. The molecule has 2 aliphatic rings. The summed E-state index contributed by atoms with van der Waals surface area (Å²) in [6.07, 6.45) is 5.84. The molecule has 1 aromatic carbocycles. The van der Waals surface area contributed by atoms with E-state index in [4.69, 9.17) is 0 Å². The molecule has 0 radical (unpaired) electrons. The van der Waals surface area contributed by atoms with Crippen molar-refractivity contribution in [2.45, 2.75) is 50.6 Å². The van der Waals surface area contributed by atoms with E-state index in [0.29, 0.717) is 18.5 Å². The molecule has 6 nitrogen and oxygen atoms in total. The molecule has 2 fully saturated rings. The van der Waals surface area contributed by atoms with Crippen LogP contribution in [0.1, 0.15) is 37.7 Å². The lowest BCUT2D eigenvalue weighted by Gasteiger charge is -2.24. The summed E-state index contributed by atoms with van der Waals surface area (Å²) in [5.74, 6) is 0.278. The van der Waals surface area contributed by atoms with Gasteiger partial charge in [-0.1, -0.05) is 6.07 Å². The Morgan fingerprint density at radius 1 is 1.12 bits per heavy atom. The largest absolute Gasteiger partial charge is 0.341 e. The molecule has 6 heteroatoms. The van der Waals surface area contributed by atoms with E-state index in [1.54, 1.807) is 0 Å². The van der Waals surface area contributed by atoms with Gasteiger partial charge in [-0.2, -0.15) is 0 Å². The molecule has 4 rings (SSSR count). The fraction of sp³-hybridized carbons (Fsp3) is 0.556. The van der Waals surface area contributed by atoms with E-state index in [1.165, 1.54) is 12.8 Å². The third kappa shape index (κ3) is 3.24. The molecule has 0 saturated carbocycles. The molecular formula is C18H24N4O2. The fourth-order valence-corrected chi connectivity index (χ4v) is 4.01. The summed E-state index contributed by atoms with van der Waals surface area (Å²) < 4.78 is 0. The quantitative estimate of drug-likeness (QED) is 0.796. The Kier molecular flexibility index (Phi) is 4.14. The SMILES string of the molecule is O=C(CCCc1ccc2[nH]c(=O)[nH]c2c1)N1CCC2CCC(C1)N2. The van der Waals surface area contributed by atoms with E-state index >= 15 is 0 Å². The number of imidazole rings is 1. The van der Waals surface area contributed by atoms with Crippen LogP contribution in [0, 0.1) is 0 Å². The minimum atomic E-state index is -0.179. The van der Waals surface area contributed by atoms with Crippen molar-refractivity contribution >= 4 is 16.9 Å². The smallest absolute Gasteiger partial charge is 0.323 e. The molecule has 2 aromatic rings. The van der Waals surface area contributed by atoms with Crippen molar-refractivity contribution in [1.29, 1.82) is 0 Å². The van der Waals surface area contributed by atoms with Gasteiger partial charge in [0.05, 0.1) is 11.0 Å². The number of hydrogen-bond donors (Lipinski definition) is 3. The number of nitrogens with one attached hydrogen (secondary N) is 3. The Hall–Kier alpha value is -2.08. The highest BCUT2D eigenvalue weighted by Gasteiger charge is 2.30. The van der Waals surface area contributed by atoms with Gasteiger partial charge in [0.15, 0.2) is 0 Å². The zero-order chi connectivity index (χ0) is 16.5. The molecule has 0 spiro atoms. The maximum atomic E-state index is 12.5. The second-order valence-electron chi connectivity index (χ2n) is 7.08. The van der Waals surface area contributed by atoms with Crippen LogP contribution in [0.2, 0.25) is 0 Å². The topological polar surface area (TPSA) is 81.0 Å². The number of fused-ring (bicyclic) bond motifs is 3. The fourth-order valence-electron chi connectivity index (χ4n) is 4.01. The van der Waals surface area contributed by atoms with Gasteiger partial charge in [-0.15, -0.1) is 0 Å². The Bertz CT molecular complexity index is 794. The van der Waals surface area contributed by atoms with Crippen LogP contribution in [0.3, 0.4) is 0 Å². The minimum Gasteiger partial charge on any atom is -0.341 e. The number of likely N-dealkylation sites (tertiary alicyclic amines) is 1. The first-order valence-electron chi connectivity index (χ1n) is 8.92. The number of carbonyl (C=O) groups is 1. The lowest BCUT2D eigenvalue weighted by atomic mass is 10.1. The molecule has 1 aromatic heterocycles. The van der Waals surface area contributed by atoms with Crippen LogP contribution >= 0.6 is 0 Å². The molecule has 1 amide bonds. The number of aryl methyl sites for hydroxylation is 1. The van der Waals surface area contributed by atoms with Crippen molar-refractivity contribution in [3.05, 3.63) is 34.2 Å². The summed E-state index contributed by atoms with van der Waals surface area (Å²) in [7, 11) is 0. The van der Waals surface area contributed by atoms with Crippen molar-refractivity contribution < 1.29 is 4.79 Å². The van der Waals surface area contributed by atoms with Gasteiger partial charge in [-0.25, -0.2) is 4.79 Å². The predicted octanol–water partition coefficient (Wildman–Crippen LogP) is 1.53. The molecule has 2 atom stereocenters. The van der Waals surface area contributed by atoms with Crippen LogP contribution in [0.15, 0.2) is 23.0 Å². The average molecular weight is 328 g/mol. The molecule has 0 aliphatic carbocycles. The summed E-state index contributed by atoms with van der Waals surface area (Å²) in [6, 6.07) is 7.04. The minimum absolute atomic E-state index is 0.179. The number of aromatic amines is 2. The highest BCUT2D eigenvalue weighted by molar-refractivity contribution is 5.76. The molecule has 3 N–H and O–H groups in total. The van der Waals surface area contributed by atoms with Gasteiger partial charge in [0.1, 0.15) is 0 Å². The zero-order valence-electron chi connectivity index (χ0n) is 13.8. The third-order valence-electron chi connectivity index (χ3n) is 5.31. The number of H-pyrrole nitrogens is 2. The molecule has 2 bridgehead atoms. The summed E-state index contributed by atoms with van der Waals surface area (Å²) >= 11 is 0. The van der Waals surface area contributed by atoms with Gasteiger partial charge in [0.25, 0.3) is 0 Å². The highest BCUT2D eigenvalue weighted by atomic mass is 16.2. The Balaban J connectivity index is 1.31. The number of benzene rings is 1. The number of nitrogens with zero attached hydrogens (tertiary/aromatic N) is 1. The first kappa shape index (κ1) is 15.4. The van der Waals surface area contributed by atoms with Gasteiger partial charge >= 0.3 is 5.69 Å². The lowest BCUT2D eigenvalue weighted by Crippen LogP contribution is -2.38. The Labute approximate surface area is 140 Å². The van der Waals surface area contributed by atoms with Crippen molar-refractivity contribution in [1.82, 2.24) is 20.2 Å². The molecule has 128 valence electrons. The normalized spacial score (nSPS) is 23.6. The molecular weight excluding hydrogens is 304 g/mol. The molecule has 24 heavy (non-hydrogen) atoms. The summed E-state index contributed by atoms with van der Waals surface area (Å²) in [5.41, 5.74) is 2.63. The van der Waals surface area contributed by atoms with Crippen LogP contribution in [0.4, 0.5) is 0 Å². The molecule has 2 unspecified atom stereocenters. The Morgan fingerprint density at radius 2 is 1.96 bits per heavy atom. The second kappa shape index (κ2) is 6.43. The van der Waals surface area contributed by atoms with Gasteiger partial charge in [0, 0.05) is 31.6 Å². The van der Waals surface area contributed by atoms with Crippen LogP contribution < -0.4 is 11.0 Å². The predicted molar refractivity (Wildman–Crippen MR) is 93.0 cm³/mol. The second-order valence-corrected chi connectivity index (χ2v) is 7.08. The molecule has 2 aliphatic heterocycles. The van der Waals surface area contributed by atoms with E-state index in [-0.39, 0.29) is 11.6 Å². The summed E-state index contributed by atoms with van der Waals surface area (Å²) in [6.45, 7) is 1.76. The van der Waals surface area contributed by atoms with Crippen LogP contribution in [0.5, 0.6) is 0 Å². The molecule has 2 saturated heterocycles. The maximum absolute atomic E-state index is 12.5. The van der Waals surface area contributed by atoms with Gasteiger partial charge in [-0.05, 0) is 49.8 Å². The zero-order valence-corrected chi connectivity index (χ0v) is 13.8. The van der Waals surface area contributed by atoms with Gasteiger partial charge in [0.2, 0.25) is 5.91 Å². The van der Waals surface area contributed by atoms with Crippen molar-refractivity contribution in [3.63, 3.8) is 0 Å². The van der Waals surface area contributed by atoms with E-state index in [1.807, 2.05) is 23.1 Å². The van der Waals surface area contributed by atoms with E-state index in [2.05, 4.69) is 15.3 Å². The first-order valence-corrected chi connectivity index (χ1v) is 8.92. The number of hydrogen-bond acceptors (Lipinski definition) is 3. The number of aromatic nitrogens is 2. The number of rotatable bonds is 4. The van der Waals surface area contributed by atoms with Crippen molar-refractivity contribution in [3.8, 4) is 0 Å².